The SMILES string of the molecule is Cc1cccc2sc(-c3nc(-c4cn(C5CC5)c(=O)[nH]c4=O)no3)c(Cl)c12. The molecule has 1 aliphatic rings. The fraction of sp³-hybridized carbons (Fsp3) is 0.222. The summed E-state index contributed by atoms with van der Waals surface area (Å²) in [6, 6.07) is 6.06. The molecule has 9 heteroatoms. The van der Waals surface area contributed by atoms with Gasteiger partial charge in [0.25, 0.3) is 11.4 Å². The minimum absolute atomic E-state index is 0.125. The predicted octanol–water partition coefficient (Wildman–Crippen LogP) is 3.77. The highest BCUT2D eigenvalue weighted by Gasteiger charge is 2.27. The number of thiophene rings is 1. The zero-order valence-electron chi connectivity index (χ0n) is 14.2. The minimum Gasteiger partial charge on any atom is -0.333 e. The Labute approximate surface area is 161 Å². The van der Waals surface area contributed by atoms with Crippen LogP contribution >= 0.6 is 22.9 Å². The summed E-state index contributed by atoms with van der Waals surface area (Å²) in [5, 5.41) is 5.45. The molecule has 0 saturated heterocycles. The smallest absolute Gasteiger partial charge is 0.328 e. The van der Waals surface area contributed by atoms with Crippen LogP contribution in [0.15, 0.2) is 38.5 Å². The Hall–Kier alpha value is -2.71. The van der Waals surface area contributed by atoms with Gasteiger partial charge in [-0.05, 0) is 31.4 Å². The van der Waals surface area contributed by atoms with Gasteiger partial charge >= 0.3 is 5.69 Å². The molecule has 136 valence electrons. The minimum atomic E-state index is -0.539. The molecule has 0 radical (unpaired) electrons. The third-order valence-electron chi connectivity index (χ3n) is 4.63. The maximum atomic E-state index is 12.2. The molecular weight excluding hydrogens is 388 g/mol. The van der Waals surface area contributed by atoms with Crippen molar-refractivity contribution in [1.82, 2.24) is 19.7 Å². The zero-order valence-corrected chi connectivity index (χ0v) is 15.7. The van der Waals surface area contributed by atoms with Crippen molar-refractivity contribution in [2.24, 2.45) is 0 Å². The van der Waals surface area contributed by atoms with Crippen LogP contribution in [0, 0.1) is 6.92 Å². The summed E-state index contributed by atoms with van der Waals surface area (Å²) in [7, 11) is 0. The van der Waals surface area contributed by atoms with Gasteiger partial charge in [0, 0.05) is 22.3 Å². The lowest BCUT2D eigenvalue weighted by Gasteiger charge is -2.02. The van der Waals surface area contributed by atoms with Crippen molar-refractivity contribution in [3.05, 3.63) is 55.8 Å². The van der Waals surface area contributed by atoms with E-state index in [2.05, 4.69) is 15.1 Å². The van der Waals surface area contributed by atoms with Crippen LogP contribution in [0.25, 0.3) is 32.2 Å². The number of benzene rings is 1. The van der Waals surface area contributed by atoms with Gasteiger partial charge in [0.15, 0.2) is 0 Å². The summed E-state index contributed by atoms with van der Waals surface area (Å²) in [6.45, 7) is 1.99. The van der Waals surface area contributed by atoms with Crippen molar-refractivity contribution in [3.63, 3.8) is 0 Å². The maximum absolute atomic E-state index is 12.2. The number of nitrogens with zero attached hydrogens (tertiary/aromatic N) is 3. The summed E-state index contributed by atoms with van der Waals surface area (Å²) in [6.07, 6.45) is 3.34. The van der Waals surface area contributed by atoms with E-state index in [0.717, 1.165) is 28.5 Å². The van der Waals surface area contributed by atoms with E-state index < -0.39 is 11.2 Å². The quantitative estimate of drug-likeness (QED) is 0.565. The Morgan fingerprint density at radius 2 is 2.15 bits per heavy atom. The molecule has 0 aliphatic heterocycles. The van der Waals surface area contributed by atoms with Crippen molar-refractivity contribution < 1.29 is 4.52 Å². The van der Waals surface area contributed by atoms with Gasteiger partial charge in [-0.15, -0.1) is 11.3 Å². The number of fused-ring (bicyclic) bond motifs is 1. The van der Waals surface area contributed by atoms with E-state index in [1.807, 2.05) is 25.1 Å². The number of hydrogen-bond donors (Lipinski definition) is 1. The number of aromatic amines is 1. The van der Waals surface area contributed by atoms with E-state index in [4.69, 9.17) is 16.1 Å². The van der Waals surface area contributed by atoms with E-state index in [-0.39, 0.29) is 23.3 Å². The zero-order chi connectivity index (χ0) is 18.7. The Kier molecular flexibility index (Phi) is 3.60. The standard InChI is InChI=1S/C18H13ClN4O3S/c1-8-3-2-4-11-12(8)13(19)14(27-11)17-20-15(22-26-17)10-7-23(9-5-6-9)18(25)21-16(10)24/h2-4,7,9H,5-6H2,1H3,(H,21,24,25). The lowest BCUT2D eigenvalue weighted by molar-refractivity contribution is 0.433. The molecular formula is C18H13ClN4O3S. The van der Waals surface area contributed by atoms with Crippen molar-refractivity contribution in [2.45, 2.75) is 25.8 Å². The number of halogens is 1. The molecule has 1 fully saturated rings. The second-order valence-electron chi connectivity index (χ2n) is 6.56. The van der Waals surface area contributed by atoms with Crippen molar-refractivity contribution in [3.8, 4) is 22.2 Å². The first-order valence-corrected chi connectivity index (χ1v) is 9.60. The van der Waals surface area contributed by atoms with Crippen LogP contribution < -0.4 is 11.2 Å². The highest BCUT2D eigenvalue weighted by Crippen LogP contribution is 2.43. The van der Waals surface area contributed by atoms with Gasteiger partial charge in [0.2, 0.25) is 5.82 Å². The Bertz CT molecular complexity index is 1310. The van der Waals surface area contributed by atoms with Gasteiger partial charge in [-0.3, -0.25) is 14.3 Å². The van der Waals surface area contributed by atoms with Gasteiger partial charge in [-0.1, -0.05) is 28.9 Å². The number of nitrogens with one attached hydrogen (secondary N) is 1. The first kappa shape index (κ1) is 16.5. The largest absolute Gasteiger partial charge is 0.333 e. The van der Waals surface area contributed by atoms with Crippen LogP contribution in [-0.4, -0.2) is 19.7 Å². The molecule has 0 amide bonds. The van der Waals surface area contributed by atoms with Crippen molar-refractivity contribution in [1.29, 1.82) is 0 Å². The Balaban J connectivity index is 1.63. The Morgan fingerprint density at radius 3 is 2.89 bits per heavy atom. The molecule has 5 rings (SSSR count). The van der Waals surface area contributed by atoms with E-state index in [1.54, 1.807) is 0 Å². The van der Waals surface area contributed by atoms with E-state index in [9.17, 15) is 9.59 Å². The molecule has 1 aliphatic carbocycles. The van der Waals surface area contributed by atoms with Crippen LogP contribution in [-0.2, 0) is 0 Å². The van der Waals surface area contributed by atoms with Gasteiger partial charge in [-0.25, -0.2) is 4.79 Å². The van der Waals surface area contributed by atoms with E-state index in [0.29, 0.717) is 9.90 Å². The number of aryl methyl sites for hydroxylation is 1. The summed E-state index contributed by atoms with van der Waals surface area (Å²) < 4.78 is 7.92. The average molecular weight is 401 g/mol. The van der Waals surface area contributed by atoms with E-state index in [1.165, 1.54) is 22.1 Å². The van der Waals surface area contributed by atoms with Crippen molar-refractivity contribution >= 4 is 33.0 Å². The highest BCUT2D eigenvalue weighted by atomic mass is 35.5. The monoisotopic (exact) mass is 400 g/mol. The molecule has 3 heterocycles. The molecule has 1 aromatic carbocycles. The summed E-state index contributed by atoms with van der Waals surface area (Å²) in [5.74, 6) is 0.380. The predicted molar refractivity (Wildman–Crippen MR) is 103 cm³/mol. The highest BCUT2D eigenvalue weighted by molar-refractivity contribution is 7.23. The molecule has 4 aromatic rings. The molecule has 1 N–H and O–H groups in total. The Morgan fingerprint density at radius 1 is 1.33 bits per heavy atom. The van der Waals surface area contributed by atoms with Gasteiger partial charge < -0.3 is 4.52 Å². The number of H-pyrrole nitrogens is 1. The third kappa shape index (κ3) is 2.64. The molecule has 0 bridgehead atoms. The maximum Gasteiger partial charge on any atom is 0.328 e. The lowest BCUT2D eigenvalue weighted by Crippen LogP contribution is -2.30. The van der Waals surface area contributed by atoms with Gasteiger partial charge in [0.05, 0.1) is 5.02 Å². The summed E-state index contributed by atoms with van der Waals surface area (Å²) >= 11 is 8.00. The number of rotatable bonds is 3. The molecule has 0 spiro atoms. The topological polar surface area (TPSA) is 93.8 Å². The van der Waals surface area contributed by atoms with Crippen LogP contribution in [0.1, 0.15) is 24.4 Å². The van der Waals surface area contributed by atoms with Crippen LogP contribution in [0.2, 0.25) is 5.02 Å². The molecule has 1 saturated carbocycles. The summed E-state index contributed by atoms with van der Waals surface area (Å²) in [5.41, 5.74) is 0.304. The molecule has 0 atom stereocenters. The molecule has 0 unspecified atom stereocenters. The fourth-order valence-electron chi connectivity index (χ4n) is 3.11. The lowest BCUT2D eigenvalue weighted by atomic mass is 10.1. The van der Waals surface area contributed by atoms with Crippen molar-refractivity contribution in [2.75, 3.05) is 0 Å². The third-order valence-corrected chi connectivity index (χ3v) is 6.27. The second-order valence-corrected chi connectivity index (χ2v) is 7.99. The van der Waals surface area contributed by atoms with Crippen LogP contribution in [0.5, 0.6) is 0 Å². The molecule has 7 nitrogen and oxygen atoms in total. The molecule has 27 heavy (non-hydrogen) atoms. The van der Waals surface area contributed by atoms with Gasteiger partial charge in [-0.2, -0.15) is 4.98 Å². The second kappa shape index (κ2) is 5.90. The number of aromatic nitrogens is 4. The first-order chi connectivity index (χ1) is 13.0. The fourth-order valence-corrected chi connectivity index (χ4v) is 4.70. The number of hydrogen-bond acceptors (Lipinski definition) is 6. The first-order valence-electron chi connectivity index (χ1n) is 8.40. The van der Waals surface area contributed by atoms with Gasteiger partial charge in [0.1, 0.15) is 10.4 Å². The normalized spacial score (nSPS) is 14.1. The molecule has 3 aromatic heterocycles. The summed E-state index contributed by atoms with van der Waals surface area (Å²) in [4.78, 5) is 31.5. The van der Waals surface area contributed by atoms with Crippen LogP contribution in [0.3, 0.4) is 0 Å². The van der Waals surface area contributed by atoms with Crippen LogP contribution in [0.4, 0.5) is 0 Å². The van der Waals surface area contributed by atoms with E-state index >= 15 is 0 Å². The average Bonchev–Trinajstić information content (AvgIpc) is 3.25.